The predicted octanol–water partition coefficient (Wildman–Crippen LogP) is 2.16. The van der Waals surface area contributed by atoms with Gasteiger partial charge in [0.2, 0.25) is 11.8 Å². The fourth-order valence-corrected chi connectivity index (χ4v) is 3.32. The van der Waals surface area contributed by atoms with Crippen molar-refractivity contribution in [1.29, 1.82) is 0 Å². The number of hydrogen-bond acceptors (Lipinski definition) is 4. The summed E-state index contributed by atoms with van der Waals surface area (Å²) in [5.74, 6) is -0.317. The molecule has 0 bridgehead atoms. The number of carbonyl (C=O) groups excluding carboxylic acids is 2. The van der Waals surface area contributed by atoms with E-state index in [4.69, 9.17) is 0 Å². The Morgan fingerprint density at radius 1 is 1.33 bits per heavy atom. The van der Waals surface area contributed by atoms with E-state index in [2.05, 4.69) is 15.6 Å². The van der Waals surface area contributed by atoms with Gasteiger partial charge in [-0.15, -0.1) is 0 Å². The lowest BCUT2D eigenvalue weighted by atomic mass is 10.0. The van der Waals surface area contributed by atoms with Gasteiger partial charge in [-0.1, -0.05) is 29.5 Å². The molecular formula is C15H19N3O2S. The minimum atomic E-state index is -0.408. The number of anilines is 1. The van der Waals surface area contributed by atoms with Crippen LogP contribution >= 0.6 is 11.8 Å². The lowest BCUT2D eigenvalue weighted by molar-refractivity contribution is -0.122. The highest BCUT2D eigenvalue weighted by Crippen LogP contribution is 2.25. The van der Waals surface area contributed by atoms with Crippen LogP contribution in [0, 0.1) is 20.8 Å². The maximum absolute atomic E-state index is 12.2. The summed E-state index contributed by atoms with van der Waals surface area (Å²) in [5.41, 5.74) is 4.05. The van der Waals surface area contributed by atoms with Gasteiger partial charge in [-0.05, 0) is 31.9 Å². The Morgan fingerprint density at radius 2 is 1.95 bits per heavy atom. The third-order valence-electron chi connectivity index (χ3n) is 3.29. The van der Waals surface area contributed by atoms with Crippen LogP contribution < -0.4 is 10.6 Å². The summed E-state index contributed by atoms with van der Waals surface area (Å²) < 4.78 is 0. The Morgan fingerprint density at radius 3 is 2.48 bits per heavy atom. The molecule has 1 heterocycles. The van der Waals surface area contributed by atoms with Crippen molar-refractivity contribution in [2.24, 2.45) is 4.99 Å². The molecule has 1 aliphatic heterocycles. The van der Waals surface area contributed by atoms with E-state index in [-0.39, 0.29) is 18.2 Å². The van der Waals surface area contributed by atoms with Gasteiger partial charge in [0.05, 0.1) is 0 Å². The number of nitrogens with zero attached hydrogens (tertiary/aromatic N) is 1. The zero-order valence-corrected chi connectivity index (χ0v) is 13.4. The largest absolute Gasteiger partial charge is 0.326 e. The molecule has 1 aromatic carbocycles. The number of hydrogen-bond donors (Lipinski definition) is 2. The highest BCUT2D eigenvalue weighted by molar-refractivity contribution is 8.15. The Kier molecular flexibility index (Phi) is 4.67. The van der Waals surface area contributed by atoms with Crippen LogP contribution in [0.1, 0.15) is 23.1 Å². The molecule has 0 aliphatic carbocycles. The van der Waals surface area contributed by atoms with Crippen molar-refractivity contribution in [2.45, 2.75) is 32.4 Å². The zero-order chi connectivity index (χ0) is 15.6. The number of rotatable bonds is 3. The molecule has 2 amide bonds. The van der Waals surface area contributed by atoms with E-state index in [0.717, 1.165) is 22.4 Å². The second kappa shape index (κ2) is 6.30. The lowest BCUT2D eigenvalue weighted by Crippen LogP contribution is -2.28. The van der Waals surface area contributed by atoms with Crippen LogP contribution in [0.4, 0.5) is 5.69 Å². The van der Waals surface area contributed by atoms with Crippen LogP contribution in [-0.2, 0) is 9.59 Å². The summed E-state index contributed by atoms with van der Waals surface area (Å²) >= 11 is 1.30. The molecule has 1 aliphatic rings. The lowest BCUT2D eigenvalue weighted by Gasteiger charge is -2.13. The van der Waals surface area contributed by atoms with Crippen LogP contribution in [0.3, 0.4) is 0 Å². The summed E-state index contributed by atoms with van der Waals surface area (Å²) in [6, 6.07) is 4.06. The number of carbonyl (C=O) groups is 2. The van der Waals surface area contributed by atoms with E-state index in [9.17, 15) is 9.59 Å². The van der Waals surface area contributed by atoms with Crippen molar-refractivity contribution in [3.05, 3.63) is 28.8 Å². The third kappa shape index (κ3) is 3.64. The van der Waals surface area contributed by atoms with Crippen LogP contribution in [0.25, 0.3) is 0 Å². The molecule has 0 unspecified atom stereocenters. The summed E-state index contributed by atoms with van der Waals surface area (Å²) in [6.45, 7) is 5.96. The van der Waals surface area contributed by atoms with Gasteiger partial charge >= 0.3 is 0 Å². The maximum Gasteiger partial charge on any atom is 0.240 e. The van der Waals surface area contributed by atoms with Crippen molar-refractivity contribution in [3.8, 4) is 0 Å². The molecule has 6 heteroatoms. The first-order valence-electron chi connectivity index (χ1n) is 6.72. The average molecular weight is 305 g/mol. The number of thioether (sulfide) groups is 1. The summed E-state index contributed by atoms with van der Waals surface area (Å²) in [7, 11) is 1.62. The van der Waals surface area contributed by atoms with E-state index in [0.29, 0.717) is 5.17 Å². The quantitative estimate of drug-likeness (QED) is 0.899. The second-order valence-corrected chi connectivity index (χ2v) is 6.34. The minimum absolute atomic E-state index is 0.141. The standard InChI is InChI=1S/C15H19N3O2S/c1-8-5-9(2)13(10(3)6-8)17-12(19)7-11-14(20)18-15(16-4)21-11/h5-6,11H,7H2,1-4H3,(H,17,19)(H,16,18,20)/t11-/m1/s1. The average Bonchev–Trinajstić information content (AvgIpc) is 2.74. The van der Waals surface area contributed by atoms with Crippen molar-refractivity contribution in [1.82, 2.24) is 5.32 Å². The topological polar surface area (TPSA) is 70.6 Å². The first kappa shape index (κ1) is 15.6. The molecule has 0 aromatic heterocycles. The van der Waals surface area contributed by atoms with Gasteiger partial charge in [-0.25, -0.2) is 0 Å². The van der Waals surface area contributed by atoms with Crippen molar-refractivity contribution < 1.29 is 9.59 Å². The molecule has 1 fully saturated rings. The Bertz CT molecular complexity index is 602. The first-order chi connectivity index (χ1) is 9.90. The summed E-state index contributed by atoms with van der Waals surface area (Å²) in [6.07, 6.45) is 0.141. The van der Waals surface area contributed by atoms with E-state index in [1.54, 1.807) is 7.05 Å². The molecule has 0 saturated carbocycles. The van der Waals surface area contributed by atoms with Crippen molar-refractivity contribution >= 4 is 34.4 Å². The minimum Gasteiger partial charge on any atom is -0.326 e. The van der Waals surface area contributed by atoms with Gasteiger partial charge in [0.25, 0.3) is 0 Å². The van der Waals surface area contributed by atoms with E-state index in [1.165, 1.54) is 11.8 Å². The van der Waals surface area contributed by atoms with E-state index in [1.807, 2.05) is 32.9 Å². The normalized spacial score (nSPS) is 19.7. The number of nitrogens with one attached hydrogen (secondary N) is 2. The van der Waals surface area contributed by atoms with Gasteiger partial charge in [0.15, 0.2) is 5.17 Å². The fourth-order valence-electron chi connectivity index (χ4n) is 2.38. The van der Waals surface area contributed by atoms with Gasteiger partial charge in [0, 0.05) is 19.2 Å². The number of benzene rings is 1. The van der Waals surface area contributed by atoms with Crippen LogP contribution in [0.2, 0.25) is 0 Å². The maximum atomic E-state index is 12.2. The van der Waals surface area contributed by atoms with Gasteiger partial charge in [-0.3, -0.25) is 14.6 Å². The van der Waals surface area contributed by atoms with Gasteiger partial charge in [0.1, 0.15) is 5.25 Å². The monoisotopic (exact) mass is 305 g/mol. The zero-order valence-electron chi connectivity index (χ0n) is 12.6. The number of aryl methyl sites for hydroxylation is 3. The molecule has 2 N–H and O–H groups in total. The SMILES string of the molecule is CN=C1NC(=O)[C@@H](CC(=O)Nc2c(C)cc(C)cc2C)S1. The second-order valence-electron chi connectivity index (χ2n) is 5.15. The fraction of sp³-hybridized carbons (Fsp3) is 0.400. The molecule has 1 aromatic rings. The van der Waals surface area contributed by atoms with Crippen LogP contribution in [0.15, 0.2) is 17.1 Å². The van der Waals surface area contributed by atoms with E-state index >= 15 is 0 Å². The Balaban J connectivity index is 2.05. The number of amides is 2. The smallest absolute Gasteiger partial charge is 0.240 e. The molecule has 1 saturated heterocycles. The predicted molar refractivity (Wildman–Crippen MR) is 86.8 cm³/mol. The highest BCUT2D eigenvalue weighted by Gasteiger charge is 2.31. The molecule has 0 spiro atoms. The molecule has 1 atom stereocenters. The highest BCUT2D eigenvalue weighted by atomic mass is 32.2. The summed E-state index contributed by atoms with van der Waals surface area (Å²) in [5, 5.41) is 5.72. The molecule has 112 valence electrons. The molecule has 0 radical (unpaired) electrons. The Hall–Kier alpha value is -1.82. The number of aliphatic imine (C=N–C) groups is 1. The van der Waals surface area contributed by atoms with Crippen molar-refractivity contribution in [2.75, 3.05) is 12.4 Å². The Labute approximate surface area is 128 Å². The molecule has 5 nitrogen and oxygen atoms in total. The summed E-state index contributed by atoms with van der Waals surface area (Å²) in [4.78, 5) is 27.8. The van der Waals surface area contributed by atoms with Gasteiger partial charge in [-0.2, -0.15) is 0 Å². The van der Waals surface area contributed by atoms with Crippen LogP contribution in [0.5, 0.6) is 0 Å². The molecule has 21 heavy (non-hydrogen) atoms. The first-order valence-corrected chi connectivity index (χ1v) is 7.60. The van der Waals surface area contributed by atoms with Gasteiger partial charge < -0.3 is 10.6 Å². The number of amidine groups is 1. The van der Waals surface area contributed by atoms with Crippen molar-refractivity contribution in [3.63, 3.8) is 0 Å². The van der Waals surface area contributed by atoms with Crippen LogP contribution in [-0.4, -0.2) is 29.3 Å². The molecular weight excluding hydrogens is 286 g/mol. The molecule has 2 rings (SSSR count). The van der Waals surface area contributed by atoms with E-state index < -0.39 is 5.25 Å². The third-order valence-corrected chi connectivity index (χ3v) is 4.46.